The largest absolute Gasteiger partial charge is 0.416 e. The highest BCUT2D eigenvalue weighted by molar-refractivity contribution is 7.16. The van der Waals surface area contributed by atoms with Crippen molar-refractivity contribution in [3.05, 3.63) is 55.7 Å². The van der Waals surface area contributed by atoms with Crippen molar-refractivity contribution in [3.63, 3.8) is 0 Å². The lowest BCUT2D eigenvalue weighted by atomic mass is 9.81. The fraction of sp³-hybridized carbons (Fsp3) is 0.524. The number of hydrogen-bond acceptors (Lipinski definition) is 3. The fourth-order valence-corrected chi connectivity index (χ4v) is 5.75. The summed E-state index contributed by atoms with van der Waals surface area (Å²) in [5.74, 6) is 0. The summed E-state index contributed by atoms with van der Waals surface area (Å²) in [5, 5.41) is 0.943. The predicted octanol–water partition coefficient (Wildman–Crippen LogP) is 7.28. The third kappa shape index (κ3) is 4.31. The molecule has 0 spiro atoms. The zero-order valence-electron chi connectivity index (χ0n) is 16.7. The van der Waals surface area contributed by atoms with Crippen molar-refractivity contribution >= 4 is 42.9 Å². The molecule has 2 aromatic rings. The van der Waals surface area contributed by atoms with Gasteiger partial charge in [-0.2, -0.15) is 0 Å². The third-order valence-electron chi connectivity index (χ3n) is 5.88. The zero-order valence-corrected chi connectivity index (χ0v) is 20.0. The topological polar surface area (TPSA) is 18.5 Å². The van der Waals surface area contributed by atoms with Crippen LogP contribution in [0.25, 0.3) is 0 Å². The Labute approximate surface area is 177 Å². The van der Waals surface area contributed by atoms with Crippen LogP contribution in [0.1, 0.15) is 43.2 Å². The average Bonchev–Trinajstić information content (AvgIpc) is 2.86. The van der Waals surface area contributed by atoms with Crippen LogP contribution in [0.2, 0.25) is 27.5 Å². The second-order valence-corrected chi connectivity index (χ2v) is 15.7. The van der Waals surface area contributed by atoms with Gasteiger partial charge in [-0.15, -0.1) is 11.3 Å². The maximum absolute atomic E-state index is 6.65. The van der Waals surface area contributed by atoms with Crippen LogP contribution in [0.5, 0.6) is 0 Å². The van der Waals surface area contributed by atoms with Gasteiger partial charge >= 0.3 is 0 Å². The van der Waals surface area contributed by atoms with Crippen molar-refractivity contribution in [2.24, 2.45) is 0 Å². The Morgan fingerprint density at radius 2 is 1.93 bits per heavy atom. The molecule has 1 atom stereocenters. The van der Waals surface area contributed by atoms with Crippen molar-refractivity contribution < 1.29 is 9.16 Å². The average molecular weight is 444 g/mol. The van der Waals surface area contributed by atoms with Crippen LogP contribution in [0.4, 0.5) is 0 Å². The van der Waals surface area contributed by atoms with E-state index in [0.29, 0.717) is 0 Å². The first-order valence-corrected chi connectivity index (χ1v) is 13.9. The van der Waals surface area contributed by atoms with Gasteiger partial charge in [-0.25, -0.2) is 0 Å². The SMILES string of the molecule is CC(C)(C)[Si](C)(C)OCCc1cc(C2(c3cccc(Cl)c3)CCO2)c(Cl)s1. The number of halogens is 2. The van der Waals surface area contributed by atoms with Crippen LogP contribution in [-0.4, -0.2) is 21.5 Å². The summed E-state index contributed by atoms with van der Waals surface area (Å²) in [7, 11) is -1.72. The fourth-order valence-electron chi connectivity index (χ4n) is 3.08. The van der Waals surface area contributed by atoms with Crippen molar-refractivity contribution in [1.29, 1.82) is 0 Å². The number of rotatable bonds is 6. The molecule has 1 unspecified atom stereocenters. The molecule has 1 fully saturated rings. The van der Waals surface area contributed by atoms with Crippen LogP contribution < -0.4 is 0 Å². The molecule has 0 radical (unpaired) electrons. The van der Waals surface area contributed by atoms with E-state index in [9.17, 15) is 0 Å². The quantitative estimate of drug-likeness (QED) is 0.437. The van der Waals surface area contributed by atoms with E-state index in [2.05, 4.69) is 46.0 Å². The van der Waals surface area contributed by atoms with E-state index in [0.717, 1.165) is 46.5 Å². The Bertz CT molecular complexity index is 807. The summed E-state index contributed by atoms with van der Waals surface area (Å²) in [6.45, 7) is 12.8. The lowest BCUT2D eigenvalue weighted by Crippen LogP contribution is -2.41. The Morgan fingerprint density at radius 1 is 1.22 bits per heavy atom. The molecule has 0 saturated carbocycles. The van der Waals surface area contributed by atoms with Gasteiger partial charge in [-0.05, 0) is 41.9 Å². The van der Waals surface area contributed by atoms with Crippen LogP contribution in [0.15, 0.2) is 30.3 Å². The maximum Gasteiger partial charge on any atom is 0.191 e. The van der Waals surface area contributed by atoms with E-state index in [1.54, 1.807) is 11.3 Å². The summed E-state index contributed by atoms with van der Waals surface area (Å²) < 4.78 is 13.2. The minimum absolute atomic E-state index is 0.224. The molecule has 0 aliphatic carbocycles. The minimum atomic E-state index is -1.72. The van der Waals surface area contributed by atoms with Gasteiger partial charge in [0.05, 0.1) is 10.9 Å². The summed E-state index contributed by atoms with van der Waals surface area (Å²) in [5.41, 5.74) is 1.67. The standard InChI is InChI=1S/C21H28Cl2O2SSi/c1-20(2,3)27(4,5)25-11-9-17-14-18(19(23)26-17)21(10-12-24-21)15-7-6-8-16(22)13-15/h6-8,13-14H,9-12H2,1-5H3. The first-order chi connectivity index (χ1) is 12.6. The van der Waals surface area contributed by atoms with E-state index >= 15 is 0 Å². The Hall–Kier alpha value is -0.363. The van der Waals surface area contributed by atoms with E-state index in [-0.39, 0.29) is 5.04 Å². The van der Waals surface area contributed by atoms with Crippen molar-refractivity contribution in [1.82, 2.24) is 0 Å². The molecule has 1 saturated heterocycles. The lowest BCUT2D eigenvalue weighted by molar-refractivity contribution is -0.123. The van der Waals surface area contributed by atoms with Crippen LogP contribution >= 0.6 is 34.5 Å². The predicted molar refractivity (Wildman–Crippen MR) is 119 cm³/mol. The van der Waals surface area contributed by atoms with E-state index in [4.69, 9.17) is 32.4 Å². The van der Waals surface area contributed by atoms with Gasteiger partial charge < -0.3 is 9.16 Å². The highest BCUT2D eigenvalue weighted by Gasteiger charge is 2.44. The van der Waals surface area contributed by atoms with Gasteiger partial charge in [-0.3, -0.25) is 0 Å². The molecule has 0 bridgehead atoms. The van der Waals surface area contributed by atoms with Crippen LogP contribution in [0, 0.1) is 0 Å². The second-order valence-electron chi connectivity index (χ2n) is 8.69. The normalized spacial score (nSPS) is 20.6. The molecule has 148 valence electrons. The van der Waals surface area contributed by atoms with Gasteiger partial charge in [0.1, 0.15) is 5.60 Å². The van der Waals surface area contributed by atoms with E-state index in [1.807, 2.05) is 18.2 Å². The number of ether oxygens (including phenoxy) is 1. The Kier molecular flexibility index (Phi) is 6.18. The summed E-state index contributed by atoms with van der Waals surface area (Å²) in [6, 6.07) is 10.1. The van der Waals surface area contributed by atoms with Gasteiger partial charge in [-0.1, -0.05) is 56.1 Å². The van der Waals surface area contributed by atoms with Crippen molar-refractivity contribution in [3.8, 4) is 0 Å². The number of hydrogen-bond donors (Lipinski definition) is 0. The molecule has 0 amide bonds. The van der Waals surface area contributed by atoms with Gasteiger partial charge in [0, 0.05) is 34.9 Å². The number of thiophene rings is 1. The molecular formula is C21H28Cl2O2SSi. The third-order valence-corrected chi connectivity index (χ3v) is 12.1. The molecule has 6 heteroatoms. The monoisotopic (exact) mass is 442 g/mol. The highest BCUT2D eigenvalue weighted by Crippen LogP contribution is 2.49. The molecule has 1 aromatic heterocycles. The molecule has 1 aromatic carbocycles. The minimum Gasteiger partial charge on any atom is -0.416 e. The lowest BCUT2D eigenvalue weighted by Gasteiger charge is -2.42. The first kappa shape index (κ1) is 21.3. The highest BCUT2D eigenvalue weighted by atomic mass is 35.5. The second kappa shape index (κ2) is 7.81. The molecule has 3 rings (SSSR count). The van der Waals surface area contributed by atoms with Crippen molar-refractivity contribution in [2.75, 3.05) is 13.2 Å². The van der Waals surface area contributed by atoms with Gasteiger partial charge in [0.15, 0.2) is 8.32 Å². The molecule has 0 N–H and O–H groups in total. The van der Waals surface area contributed by atoms with Crippen LogP contribution in [-0.2, 0) is 21.2 Å². The molecule has 27 heavy (non-hydrogen) atoms. The molecular weight excluding hydrogens is 415 g/mol. The number of benzene rings is 1. The zero-order chi connectivity index (χ0) is 19.9. The summed E-state index contributed by atoms with van der Waals surface area (Å²) in [6.07, 6.45) is 1.80. The van der Waals surface area contributed by atoms with Crippen molar-refractivity contribution in [2.45, 2.75) is 57.3 Å². The first-order valence-electron chi connectivity index (χ1n) is 9.38. The molecule has 2 nitrogen and oxygen atoms in total. The van der Waals surface area contributed by atoms with Gasteiger partial charge in [0.25, 0.3) is 0 Å². The Balaban J connectivity index is 1.76. The molecule has 1 aliphatic heterocycles. The summed E-state index contributed by atoms with van der Waals surface area (Å²) >= 11 is 14.5. The molecule has 1 aliphatic rings. The van der Waals surface area contributed by atoms with Crippen LogP contribution in [0.3, 0.4) is 0 Å². The summed E-state index contributed by atoms with van der Waals surface area (Å²) in [4.78, 5) is 1.24. The Morgan fingerprint density at radius 3 is 2.48 bits per heavy atom. The van der Waals surface area contributed by atoms with E-state index < -0.39 is 13.9 Å². The maximum atomic E-state index is 6.65. The smallest absolute Gasteiger partial charge is 0.191 e. The molecule has 2 heterocycles. The van der Waals surface area contributed by atoms with Gasteiger partial charge in [0.2, 0.25) is 0 Å². The van der Waals surface area contributed by atoms with E-state index in [1.165, 1.54) is 4.88 Å².